The normalized spacial score (nSPS) is 10.8. The topological polar surface area (TPSA) is 110 Å². The van der Waals surface area contributed by atoms with Gasteiger partial charge in [0, 0.05) is 17.0 Å². The number of hydrogen-bond donors (Lipinski definition) is 2. The Morgan fingerprint density at radius 3 is 2.38 bits per heavy atom. The Hall–Kier alpha value is -4.72. The number of fused-ring (bicyclic) bond motifs is 1. The van der Waals surface area contributed by atoms with E-state index in [0.717, 1.165) is 5.56 Å². The lowest BCUT2D eigenvalue weighted by Gasteiger charge is -2.10. The van der Waals surface area contributed by atoms with E-state index in [2.05, 4.69) is 21.0 Å². The Labute approximate surface area is 181 Å². The Balaban J connectivity index is 1.36. The highest BCUT2D eigenvalue weighted by Gasteiger charge is 2.18. The smallest absolute Gasteiger partial charge is 0.291 e. The molecule has 8 nitrogen and oxygen atoms in total. The highest BCUT2D eigenvalue weighted by molar-refractivity contribution is 6.08. The minimum atomic E-state index is -0.603. The summed E-state index contributed by atoms with van der Waals surface area (Å²) in [4.78, 5) is 29.9. The molecule has 32 heavy (non-hydrogen) atoms. The number of benzene rings is 2. The second-order valence-corrected chi connectivity index (χ2v) is 6.90. The Kier molecular flexibility index (Phi) is 4.93. The highest BCUT2D eigenvalue weighted by atomic mass is 16.5. The molecule has 0 radical (unpaired) electrons. The number of carbonyl (C=O) groups is 2. The van der Waals surface area contributed by atoms with E-state index in [1.54, 1.807) is 30.3 Å². The van der Waals surface area contributed by atoms with Gasteiger partial charge in [-0.3, -0.25) is 20.4 Å². The summed E-state index contributed by atoms with van der Waals surface area (Å²) in [7, 11) is 0. The molecule has 2 amide bonds. The summed E-state index contributed by atoms with van der Waals surface area (Å²) in [6.07, 6.45) is 1.54. The molecular formula is C24H16N4O4. The SMILES string of the molecule is O=C(NNC(=O)c1cc(-c2ccco2)nc2ccccc12)c1cc(-c2ccccc2)on1. The number of hydrazine groups is 1. The van der Waals surface area contributed by atoms with Crippen LogP contribution in [0.25, 0.3) is 33.7 Å². The van der Waals surface area contributed by atoms with E-state index < -0.39 is 11.8 Å². The van der Waals surface area contributed by atoms with Crippen molar-refractivity contribution in [1.29, 1.82) is 0 Å². The summed E-state index contributed by atoms with van der Waals surface area (Å²) < 4.78 is 10.7. The monoisotopic (exact) mass is 424 g/mol. The number of carbonyl (C=O) groups excluding carboxylic acids is 2. The van der Waals surface area contributed by atoms with Gasteiger partial charge in [-0.25, -0.2) is 4.98 Å². The van der Waals surface area contributed by atoms with Crippen LogP contribution in [0.5, 0.6) is 0 Å². The maximum atomic E-state index is 12.9. The van der Waals surface area contributed by atoms with Gasteiger partial charge in [0.25, 0.3) is 11.8 Å². The highest BCUT2D eigenvalue weighted by Crippen LogP contribution is 2.25. The minimum Gasteiger partial charge on any atom is -0.463 e. The molecule has 0 fully saturated rings. The van der Waals surface area contributed by atoms with E-state index in [-0.39, 0.29) is 5.69 Å². The van der Waals surface area contributed by atoms with Crippen LogP contribution in [0, 0.1) is 0 Å². The lowest BCUT2D eigenvalue weighted by molar-refractivity contribution is 0.0842. The first-order chi connectivity index (χ1) is 15.7. The van der Waals surface area contributed by atoms with Crippen molar-refractivity contribution in [2.24, 2.45) is 0 Å². The van der Waals surface area contributed by atoms with Gasteiger partial charge >= 0.3 is 0 Å². The summed E-state index contributed by atoms with van der Waals surface area (Å²) in [5, 5.41) is 4.42. The molecule has 0 unspecified atom stereocenters. The molecule has 8 heteroatoms. The molecule has 0 aliphatic heterocycles. The number of amides is 2. The average molecular weight is 424 g/mol. The summed E-state index contributed by atoms with van der Waals surface area (Å²) >= 11 is 0. The van der Waals surface area contributed by atoms with E-state index in [1.165, 1.54) is 12.3 Å². The van der Waals surface area contributed by atoms with Crippen LogP contribution in [-0.2, 0) is 0 Å². The van der Waals surface area contributed by atoms with Gasteiger partial charge in [-0.1, -0.05) is 53.7 Å². The van der Waals surface area contributed by atoms with Gasteiger partial charge in [0.1, 0.15) is 5.69 Å². The number of aromatic nitrogens is 2. The average Bonchev–Trinajstić information content (AvgIpc) is 3.55. The Bertz CT molecular complexity index is 1410. The fourth-order valence-corrected chi connectivity index (χ4v) is 3.28. The van der Waals surface area contributed by atoms with Crippen molar-refractivity contribution in [1.82, 2.24) is 21.0 Å². The number of nitrogens with zero attached hydrogens (tertiary/aromatic N) is 2. The molecule has 3 aromatic heterocycles. The fraction of sp³-hybridized carbons (Fsp3) is 0. The van der Waals surface area contributed by atoms with Crippen molar-refractivity contribution < 1.29 is 18.5 Å². The van der Waals surface area contributed by atoms with Gasteiger partial charge in [0.2, 0.25) is 0 Å². The van der Waals surface area contributed by atoms with Gasteiger partial charge in [-0.15, -0.1) is 0 Å². The van der Waals surface area contributed by atoms with E-state index in [1.807, 2.05) is 42.5 Å². The number of nitrogens with one attached hydrogen (secondary N) is 2. The van der Waals surface area contributed by atoms with Gasteiger partial charge in [-0.05, 0) is 24.3 Å². The molecule has 0 saturated heterocycles. The molecule has 0 spiro atoms. The third-order valence-electron chi connectivity index (χ3n) is 4.83. The van der Waals surface area contributed by atoms with Gasteiger partial charge < -0.3 is 8.94 Å². The number of pyridine rings is 1. The molecule has 0 atom stereocenters. The Morgan fingerprint density at radius 1 is 0.781 bits per heavy atom. The first-order valence-corrected chi connectivity index (χ1v) is 9.75. The van der Waals surface area contributed by atoms with Gasteiger partial charge in [-0.2, -0.15) is 0 Å². The number of hydrogen-bond acceptors (Lipinski definition) is 6. The predicted molar refractivity (Wildman–Crippen MR) is 116 cm³/mol. The lowest BCUT2D eigenvalue weighted by atomic mass is 10.1. The van der Waals surface area contributed by atoms with Crippen molar-refractivity contribution in [2.75, 3.05) is 0 Å². The predicted octanol–water partition coefficient (Wildman–Crippen LogP) is 4.22. The number of rotatable bonds is 4. The van der Waals surface area contributed by atoms with Crippen molar-refractivity contribution in [2.45, 2.75) is 0 Å². The zero-order valence-electron chi connectivity index (χ0n) is 16.6. The second kappa shape index (κ2) is 8.19. The third kappa shape index (κ3) is 3.72. The van der Waals surface area contributed by atoms with Gasteiger partial charge in [0.05, 0.1) is 17.3 Å². The maximum Gasteiger partial charge on any atom is 0.291 e. The van der Waals surface area contributed by atoms with Crippen LogP contribution in [0.1, 0.15) is 20.8 Å². The zero-order chi connectivity index (χ0) is 21.9. The maximum absolute atomic E-state index is 12.9. The molecule has 0 saturated carbocycles. The van der Waals surface area contributed by atoms with Crippen LogP contribution in [0.15, 0.2) is 94.1 Å². The van der Waals surface area contributed by atoms with Crippen LogP contribution in [0.3, 0.4) is 0 Å². The van der Waals surface area contributed by atoms with Crippen LogP contribution in [0.4, 0.5) is 0 Å². The molecule has 2 N–H and O–H groups in total. The zero-order valence-corrected chi connectivity index (χ0v) is 16.6. The van der Waals surface area contributed by atoms with E-state index in [4.69, 9.17) is 8.94 Å². The van der Waals surface area contributed by atoms with Crippen LogP contribution in [-0.4, -0.2) is 22.0 Å². The summed E-state index contributed by atoms with van der Waals surface area (Å²) in [6.45, 7) is 0. The van der Waals surface area contributed by atoms with E-state index in [9.17, 15) is 9.59 Å². The molecule has 0 aliphatic rings. The molecule has 5 aromatic rings. The first kappa shape index (κ1) is 19.3. The van der Waals surface area contributed by atoms with E-state index >= 15 is 0 Å². The number of para-hydroxylation sites is 1. The summed E-state index contributed by atoms with van der Waals surface area (Å²) in [5.74, 6) is -0.124. The fourth-order valence-electron chi connectivity index (χ4n) is 3.28. The van der Waals surface area contributed by atoms with Gasteiger partial charge in [0.15, 0.2) is 17.2 Å². The Morgan fingerprint density at radius 2 is 1.56 bits per heavy atom. The summed E-state index contributed by atoms with van der Waals surface area (Å²) in [5.41, 5.74) is 7.11. The molecule has 0 aliphatic carbocycles. The van der Waals surface area contributed by atoms with Crippen molar-refractivity contribution in [3.8, 4) is 22.8 Å². The molecule has 2 aromatic carbocycles. The largest absolute Gasteiger partial charge is 0.463 e. The van der Waals surface area contributed by atoms with Crippen LogP contribution < -0.4 is 10.9 Å². The van der Waals surface area contributed by atoms with Crippen molar-refractivity contribution in [3.63, 3.8) is 0 Å². The number of furan rings is 1. The lowest BCUT2D eigenvalue weighted by Crippen LogP contribution is -2.41. The quantitative estimate of drug-likeness (QED) is 0.418. The third-order valence-corrected chi connectivity index (χ3v) is 4.83. The minimum absolute atomic E-state index is 0.0417. The molecule has 5 rings (SSSR count). The van der Waals surface area contributed by atoms with Crippen molar-refractivity contribution in [3.05, 3.63) is 96.4 Å². The molecule has 0 bridgehead atoms. The molecule has 156 valence electrons. The second-order valence-electron chi connectivity index (χ2n) is 6.90. The molecule has 3 heterocycles. The summed E-state index contributed by atoms with van der Waals surface area (Å²) in [6, 6.07) is 23.1. The first-order valence-electron chi connectivity index (χ1n) is 9.75. The van der Waals surface area contributed by atoms with Crippen molar-refractivity contribution >= 4 is 22.7 Å². The standard InChI is InChI=1S/C24H16N4O4/c29-23(26-27-24(30)20-14-22(32-28-20)15-7-2-1-3-8-15)17-13-19(21-11-6-12-31-21)25-18-10-5-4-9-16(17)18/h1-14H,(H,26,29)(H,27,30). The van der Waals surface area contributed by atoms with E-state index in [0.29, 0.717) is 33.7 Å². The van der Waals surface area contributed by atoms with Crippen LogP contribution >= 0.6 is 0 Å². The van der Waals surface area contributed by atoms with Crippen LogP contribution in [0.2, 0.25) is 0 Å². The molecular weight excluding hydrogens is 408 g/mol.